The lowest BCUT2D eigenvalue weighted by Gasteiger charge is -2.13. The lowest BCUT2D eigenvalue weighted by atomic mass is 10.1. The Labute approximate surface area is 208 Å². The average Bonchev–Trinajstić information content (AvgIpc) is 3.28. The predicted octanol–water partition coefficient (Wildman–Crippen LogP) is 5.79. The molecule has 0 spiro atoms. The number of para-hydroxylation sites is 1. The summed E-state index contributed by atoms with van der Waals surface area (Å²) in [6.45, 7) is 3.07. The van der Waals surface area contributed by atoms with E-state index < -0.39 is 12.1 Å². The summed E-state index contributed by atoms with van der Waals surface area (Å²) in [7, 11) is 5.03. The number of aliphatic carboxylic acids is 1. The van der Waals surface area contributed by atoms with E-state index in [1.54, 1.807) is 21.3 Å². The Bertz CT molecular complexity index is 1130. The van der Waals surface area contributed by atoms with Crippen LogP contribution in [0.3, 0.4) is 0 Å². The molecule has 2 aromatic carbocycles. The molecule has 10 heteroatoms. The number of hydrogen-bond donors (Lipinski definition) is 1. The van der Waals surface area contributed by atoms with E-state index in [2.05, 4.69) is 23.6 Å². The number of methoxy groups -OCH3 is 3. The molecular formula is C26H31F3N2O5. The highest BCUT2D eigenvalue weighted by molar-refractivity contribution is 5.73. The summed E-state index contributed by atoms with van der Waals surface area (Å²) in [5.41, 5.74) is 4.52. The van der Waals surface area contributed by atoms with Crippen molar-refractivity contribution in [3.05, 3.63) is 60.0 Å². The first-order valence-corrected chi connectivity index (χ1v) is 11.3. The summed E-state index contributed by atoms with van der Waals surface area (Å²) in [6, 6.07) is 14.2. The molecule has 0 aliphatic carbocycles. The van der Waals surface area contributed by atoms with Gasteiger partial charge in [-0.05, 0) is 49.1 Å². The van der Waals surface area contributed by atoms with Gasteiger partial charge in [0.1, 0.15) is 5.75 Å². The number of alkyl halides is 3. The number of aromatic nitrogens is 2. The number of rotatable bonds is 10. The second-order valence-corrected chi connectivity index (χ2v) is 7.77. The number of carboxylic acid groups (broad SMARTS) is 1. The molecule has 0 saturated heterocycles. The van der Waals surface area contributed by atoms with Crippen molar-refractivity contribution in [3.63, 3.8) is 0 Å². The zero-order chi connectivity index (χ0) is 26.7. The Morgan fingerprint density at radius 1 is 0.972 bits per heavy atom. The monoisotopic (exact) mass is 508 g/mol. The minimum atomic E-state index is -5.08. The van der Waals surface area contributed by atoms with Crippen LogP contribution in [-0.2, 0) is 24.2 Å². The molecule has 3 rings (SSSR count). The number of unbranched alkanes of at least 4 members (excludes halogenated alkanes) is 1. The van der Waals surface area contributed by atoms with Crippen molar-refractivity contribution >= 4 is 5.97 Å². The van der Waals surface area contributed by atoms with E-state index in [9.17, 15) is 13.2 Å². The van der Waals surface area contributed by atoms with Crippen LogP contribution >= 0.6 is 0 Å². The molecule has 36 heavy (non-hydrogen) atoms. The Morgan fingerprint density at radius 3 is 2.19 bits per heavy atom. The van der Waals surface area contributed by atoms with Gasteiger partial charge in [-0.15, -0.1) is 0 Å². The molecule has 196 valence electrons. The molecule has 0 fully saturated rings. The van der Waals surface area contributed by atoms with Gasteiger partial charge in [-0.25, -0.2) is 9.78 Å². The Morgan fingerprint density at radius 2 is 1.61 bits per heavy atom. The van der Waals surface area contributed by atoms with Gasteiger partial charge in [0, 0.05) is 17.8 Å². The van der Waals surface area contributed by atoms with Crippen molar-refractivity contribution in [2.75, 3.05) is 21.3 Å². The summed E-state index contributed by atoms with van der Waals surface area (Å²) in [5.74, 6) is -0.382. The largest absolute Gasteiger partial charge is 0.496 e. The number of aryl methyl sites for hydroxylation is 2. The molecule has 3 aromatic rings. The van der Waals surface area contributed by atoms with Crippen LogP contribution < -0.4 is 14.2 Å². The summed E-state index contributed by atoms with van der Waals surface area (Å²) in [4.78, 5) is 13.7. The minimum absolute atomic E-state index is 0.718. The highest BCUT2D eigenvalue weighted by atomic mass is 19.4. The standard InChI is InChI=1S/C24H30N2O3.C2HF3O2/c1-5-6-10-20-24(19-12-13-22(28-3)23(16-19)29-4)25-17-26(20)15-14-18-9-7-8-11-21(18)27-2;3-2(4,5)1(6)7/h7-9,11-13,16-17H,5-6,10,14-15H2,1-4H3;(H,6,7). The van der Waals surface area contributed by atoms with E-state index in [0.717, 1.165) is 60.7 Å². The van der Waals surface area contributed by atoms with Crippen molar-refractivity contribution in [2.24, 2.45) is 0 Å². The maximum absolute atomic E-state index is 10.6. The van der Waals surface area contributed by atoms with E-state index in [1.165, 1.54) is 11.3 Å². The predicted molar refractivity (Wildman–Crippen MR) is 130 cm³/mol. The van der Waals surface area contributed by atoms with Crippen LogP contribution in [0.5, 0.6) is 17.2 Å². The van der Waals surface area contributed by atoms with E-state index >= 15 is 0 Å². The Hall–Kier alpha value is -3.69. The summed E-state index contributed by atoms with van der Waals surface area (Å²) in [6.07, 6.45) is 1.02. The fourth-order valence-corrected chi connectivity index (χ4v) is 3.58. The number of halogens is 3. The first kappa shape index (κ1) is 28.5. The quantitative estimate of drug-likeness (QED) is 0.373. The molecule has 0 amide bonds. The van der Waals surface area contributed by atoms with Crippen LogP contribution in [0.25, 0.3) is 11.3 Å². The van der Waals surface area contributed by atoms with Gasteiger partial charge in [-0.3, -0.25) is 0 Å². The maximum Gasteiger partial charge on any atom is 0.490 e. The third-order valence-electron chi connectivity index (χ3n) is 5.43. The number of carbonyl (C=O) groups is 1. The number of ether oxygens (including phenoxy) is 3. The molecule has 1 N–H and O–H groups in total. The zero-order valence-electron chi connectivity index (χ0n) is 20.8. The highest BCUT2D eigenvalue weighted by Crippen LogP contribution is 2.33. The van der Waals surface area contributed by atoms with Crippen molar-refractivity contribution in [1.29, 1.82) is 0 Å². The zero-order valence-corrected chi connectivity index (χ0v) is 20.8. The SMILES string of the molecule is CCCCc1c(-c2ccc(OC)c(OC)c2)ncn1CCc1ccccc1OC.O=C(O)C(F)(F)F. The van der Waals surface area contributed by atoms with E-state index in [0.29, 0.717) is 0 Å². The van der Waals surface area contributed by atoms with Gasteiger partial charge in [0.2, 0.25) is 0 Å². The molecule has 0 radical (unpaired) electrons. The molecule has 7 nitrogen and oxygen atoms in total. The van der Waals surface area contributed by atoms with Crippen LogP contribution in [0.1, 0.15) is 31.0 Å². The van der Waals surface area contributed by atoms with Gasteiger partial charge in [0.05, 0.1) is 33.4 Å². The summed E-state index contributed by atoms with van der Waals surface area (Å²) in [5, 5.41) is 7.12. The minimum Gasteiger partial charge on any atom is -0.496 e. The van der Waals surface area contributed by atoms with Gasteiger partial charge in [-0.1, -0.05) is 31.5 Å². The molecule has 1 aromatic heterocycles. The van der Waals surface area contributed by atoms with Crippen molar-refractivity contribution in [3.8, 4) is 28.5 Å². The van der Waals surface area contributed by atoms with Crippen molar-refractivity contribution < 1.29 is 37.3 Å². The van der Waals surface area contributed by atoms with Crippen LogP contribution in [0.15, 0.2) is 48.8 Å². The van der Waals surface area contributed by atoms with Crippen LogP contribution in [0.2, 0.25) is 0 Å². The first-order valence-electron chi connectivity index (χ1n) is 11.3. The molecule has 0 aliphatic heterocycles. The Kier molecular flexibility index (Phi) is 10.6. The fourth-order valence-electron chi connectivity index (χ4n) is 3.58. The number of nitrogens with zero attached hydrogens (tertiary/aromatic N) is 2. The van der Waals surface area contributed by atoms with Gasteiger partial charge in [0.25, 0.3) is 0 Å². The van der Waals surface area contributed by atoms with Crippen molar-refractivity contribution in [2.45, 2.75) is 45.3 Å². The summed E-state index contributed by atoms with van der Waals surface area (Å²) >= 11 is 0. The van der Waals surface area contributed by atoms with Crippen LogP contribution in [-0.4, -0.2) is 48.1 Å². The molecule has 1 heterocycles. The molecule has 0 aliphatic rings. The number of benzene rings is 2. The fraction of sp³-hybridized carbons (Fsp3) is 0.385. The Balaban J connectivity index is 0.000000572. The van der Waals surface area contributed by atoms with Gasteiger partial charge >= 0.3 is 12.1 Å². The third kappa shape index (κ3) is 7.66. The lowest BCUT2D eigenvalue weighted by Crippen LogP contribution is -2.21. The maximum atomic E-state index is 10.6. The second-order valence-electron chi connectivity index (χ2n) is 7.77. The number of carboxylic acids is 1. The molecule has 0 unspecified atom stereocenters. The van der Waals surface area contributed by atoms with Crippen molar-refractivity contribution in [1.82, 2.24) is 9.55 Å². The topological polar surface area (TPSA) is 82.8 Å². The number of hydrogen-bond acceptors (Lipinski definition) is 5. The smallest absolute Gasteiger partial charge is 0.490 e. The molecular weight excluding hydrogens is 477 g/mol. The van der Waals surface area contributed by atoms with Gasteiger partial charge < -0.3 is 23.9 Å². The second kappa shape index (κ2) is 13.4. The lowest BCUT2D eigenvalue weighted by molar-refractivity contribution is -0.192. The van der Waals surface area contributed by atoms with E-state index in [4.69, 9.17) is 29.1 Å². The molecule has 0 saturated carbocycles. The van der Waals surface area contributed by atoms with E-state index in [-0.39, 0.29) is 0 Å². The van der Waals surface area contributed by atoms with Crippen LogP contribution in [0, 0.1) is 0 Å². The summed E-state index contributed by atoms with van der Waals surface area (Å²) < 4.78 is 50.4. The normalized spacial score (nSPS) is 10.9. The highest BCUT2D eigenvalue weighted by Gasteiger charge is 2.38. The van der Waals surface area contributed by atoms with E-state index in [1.807, 2.05) is 36.7 Å². The van der Waals surface area contributed by atoms with Crippen LogP contribution in [0.4, 0.5) is 13.2 Å². The molecule has 0 atom stereocenters. The average molecular weight is 509 g/mol. The number of imidazole rings is 1. The molecule has 0 bridgehead atoms. The first-order chi connectivity index (χ1) is 17.2. The third-order valence-corrected chi connectivity index (χ3v) is 5.43. The van der Waals surface area contributed by atoms with Gasteiger partial charge in [-0.2, -0.15) is 13.2 Å². The van der Waals surface area contributed by atoms with Gasteiger partial charge in [0.15, 0.2) is 11.5 Å².